The van der Waals surface area contributed by atoms with Gasteiger partial charge in [0, 0.05) is 25.5 Å². The third-order valence-corrected chi connectivity index (χ3v) is 5.26. The maximum Gasteiger partial charge on any atom is 0.316 e. The van der Waals surface area contributed by atoms with E-state index in [4.69, 9.17) is 14.2 Å². The van der Waals surface area contributed by atoms with Gasteiger partial charge in [-0.05, 0) is 12.1 Å². The first kappa shape index (κ1) is 21.8. The van der Waals surface area contributed by atoms with E-state index in [1.807, 2.05) is 4.90 Å². The van der Waals surface area contributed by atoms with E-state index in [9.17, 15) is 8.78 Å². The fourth-order valence-corrected chi connectivity index (χ4v) is 3.64. The van der Waals surface area contributed by atoms with Crippen LogP contribution in [-0.4, -0.2) is 75.0 Å². The van der Waals surface area contributed by atoms with Crippen molar-refractivity contribution in [1.82, 2.24) is 34.5 Å². The van der Waals surface area contributed by atoms with E-state index in [0.29, 0.717) is 49.1 Å². The topological polar surface area (TPSA) is 113 Å². The van der Waals surface area contributed by atoms with Crippen molar-refractivity contribution in [3.8, 4) is 29.1 Å². The number of benzene rings is 1. The largest absolute Gasteiger partial charge is 0.494 e. The number of methoxy groups -OCH3 is 2. The molecular weight excluding hydrogens is 450 g/mol. The van der Waals surface area contributed by atoms with E-state index >= 15 is 0 Å². The van der Waals surface area contributed by atoms with E-state index in [0.717, 1.165) is 0 Å². The highest BCUT2D eigenvalue weighted by atomic mass is 19.3. The number of fused-ring (bicyclic) bond motifs is 1. The van der Waals surface area contributed by atoms with Crippen molar-refractivity contribution in [2.75, 3.05) is 45.4 Å². The second kappa shape index (κ2) is 9.09. The maximum atomic E-state index is 14.1. The number of alkyl halides is 2. The van der Waals surface area contributed by atoms with Gasteiger partial charge in [-0.1, -0.05) is 6.07 Å². The van der Waals surface area contributed by atoms with E-state index in [2.05, 4.69) is 29.9 Å². The summed E-state index contributed by atoms with van der Waals surface area (Å²) in [5, 5.41) is 0. The van der Waals surface area contributed by atoms with Crippen LogP contribution in [-0.2, 0) is 4.74 Å². The van der Waals surface area contributed by atoms with Gasteiger partial charge in [-0.15, -0.1) is 0 Å². The number of hydrogen-bond donors (Lipinski definition) is 0. The van der Waals surface area contributed by atoms with Crippen LogP contribution in [0.15, 0.2) is 30.6 Å². The minimum absolute atomic E-state index is 0.00615. The Morgan fingerprint density at radius 3 is 2.35 bits per heavy atom. The SMILES string of the molecule is COc1ncc(-c2nc(N3CCOCC3)nc(-n3c(C(F)F)nc4c(OC)cccc43)n2)cn1. The highest BCUT2D eigenvalue weighted by Crippen LogP contribution is 2.32. The first-order chi connectivity index (χ1) is 16.6. The molecule has 0 unspecified atom stereocenters. The number of imidazole rings is 1. The number of morpholine rings is 1. The Bertz CT molecular complexity index is 1310. The van der Waals surface area contributed by atoms with Gasteiger partial charge < -0.3 is 19.1 Å². The molecule has 0 spiro atoms. The predicted octanol–water partition coefficient (Wildman–Crippen LogP) is 2.46. The summed E-state index contributed by atoms with van der Waals surface area (Å²) in [7, 11) is 2.91. The van der Waals surface area contributed by atoms with Gasteiger partial charge in [0.05, 0.1) is 38.5 Å². The van der Waals surface area contributed by atoms with Crippen LogP contribution in [0.25, 0.3) is 28.4 Å². The van der Waals surface area contributed by atoms with E-state index in [-0.39, 0.29) is 23.3 Å². The molecular formula is C21H20F2N8O3. The summed E-state index contributed by atoms with van der Waals surface area (Å²) in [5.74, 6) is 0.400. The Hall–Kier alpha value is -4.00. The highest BCUT2D eigenvalue weighted by molar-refractivity contribution is 5.84. The summed E-state index contributed by atoms with van der Waals surface area (Å²) in [6.45, 7) is 2.08. The molecule has 0 aliphatic carbocycles. The van der Waals surface area contributed by atoms with Crippen molar-refractivity contribution in [3.05, 3.63) is 36.4 Å². The fraction of sp³-hybridized carbons (Fsp3) is 0.333. The first-order valence-corrected chi connectivity index (χ1v) is 10.4. The van der Waals surface area contributed by atoms with Crippen molar-refractivity contribution >= 4 is 17.0 Å². The van der Waals surface area contributed by atoms with E-state index in [1.54, 1.807) is 18.2 Å². The number of rotatable bonds is 6. The highest BCUT2D eigenvalue weighted by Gasteiger charge is 2.26. The minimum Gasteiger partial charge on any atom is -0.494 e. The molecule has 1 aliphatic rings. The minimum atomic E-state index is -2.88. The zero-order chi connectivity index (χ0) is 23.7. The molecule has 13 heteroatoms. The molecule has 1 saturated heterocycles. The van der Waals surface area contributed by atoms with Crippen LogP contribution in [0, 0.1) is 0 Å². The van der Waals surface area contributed by atoms with Gasteiger partial charge in [-0.3, -0.25) is 4.57 Å². The average molecular weight is 470 g/mol. The van der Waals surface area contributed by atoms with Gasteiger partial charge >= 0.3 is 6.01 Å². The summed E-state index contributed by atoms with van der Waals surface area (Å²) in [6.07, 6.45) is 0.113. The number of hydrogen-bond acceptors (Lipinski definition) is 10. The molecule has 4 heterocycles. The van der Waals surface area contributed by atoms with Gasteiger partial charge in [-0.2, -0.15) is 15.0 Å². The lowest BCUT2D eigenvalue weighted by Gasteiger charge is -2.27. The number of nitrogens with zero attached hydrogens (tertiary/aromatic N) is 8. The van der Waals surface area contributed by atoms with Crippen molar-refractivity contribution in [3.63, 3.8) is 0 Å². The Balaban J connectivity index is 1.73. The molecule has 4 aromatic rings. The van der Waals surface area contributed by atoms with E-state index in [1.165, 1.54) is 31.2 Å². The molecule has 34 heavy (non-hydrogen) atoms. The zero-order valence-electron chi connectivity index (χ0n) is 18.4. The van der Waals surface area contributed by atoms with Crippen molar-refractivity contribution in [1.29, 1.82) is 0 Å². The average Bonchev–Trinajstić information content (AvgIpc) is 3.29. The van der Waals surface area contributed by atoms with Gasteiger partial charge in [0.1, 0.15) is 11.3 Å². The van der Waals surface area contributed by atoms with Crippen LogP contribution in [0.2, 0.25) is 0 Å². The smallest absolute Gasteiger partial charge is 0.316 e. The molecule has 0 N–H and O–H groups in total. The molecule has 0 amide bonds. The van der Waals surface area contributed by atoms with Crippen LogP contribution in [0.1, 0.15) is 12.2 Å². The number of halogens is 2. The summed E-state index contributed by atoms with van der Waals surface area (Å²) in [4.78, 5) is 27.8. The summed E-state index contributed by atoms with van der Waals surface area (Å²) >= 11 is 0. The molecule has 0 atom stereocenters. The third kappa shape index (κ3) is 3.94. The van der Waals surface area contributed by atoms with Crippen LogP contribution in [0.5, 0.6) is 11.8 Å². The van der Waals surface area contributed by atoms with Crippen molar-refractivity contribution < 1.29 is 23.0 Å². The Labute approximate surface area is 192 Å². The lowest BCUT2D eigenvalue weighted by molar-refractivity contribution is 0.122. The number of ether oxygens (including phenoxy) is 3. The molecule has 0 radical (unpaired) electrons. The summed E-state index contributed by atoms with van der Waals surface area (Å²) < 4.78 is 45.2. The van der Waals surface area contributed by atoms with Crippen LogP contribution >= 0.6 is 0 Å². The Morgan fingerprint density at radius 2 is 1.68 bits per heavy atom. The number of aromatic nitrogens is 7. The monoisotopic (exact) mass is 470 g/mol. The quantitative estimate of drug-likeness (QED) is 0.416. The van der Waals surface area contributed by atoms with Crippen LogP contribution < -0.4 is 14.4 Å². The fourth-order valence-electron chi connectivity index (χ4n) is 3.64. The summed E-state index contributed by atoms with van der Waals surface area (Å²) in [6, 6.07) is 5.18. The van der Waals surface area contributed by atoms with E-state index < -0.39 is 12.2 Å². The Morgan fingerprint density at radius 1 is 0.941 bits per heavy atom. The number of para-hydroxylation sites is 1. The molecule has 0 saturated carbocycles. The first-order valence-electron chi connectivity index (χ1n) is 10.4. The maximum absolute atomic E-state index is 14.1. The van der Waals surface area contributed by atoms with Gasteiger partial charge in [0.25, 0.3) is 6.43 Å². The lowest BCUT2D eigenvalue weighted by Crippen LogP contribution is -2.37. The molecule has 1 aliphatic heterocycles. The van der Waals surface area contributed by atoms with Gasteiger partial charge in [-0.25, -0.2) is 23.7 Å². The third-order valence-electron chi connectivity index (χ3n) is 5.26. The molecule has 5 rings (SSSR count). The van der Waals surface area contributed by atoms with Crippen LogP contribution in [0.4, 0.5) is 14.7 Å². The Kier molecular flexibility index (Phi) is 5.84. The molecule has 176 valence electrons. The van der Waals surface area contributed by atoms with Gasteiger partial charge in [0.2, 0.25) is 11.9 Å². The molecule has 0 bridgehead atoms. The van der Waals surface area contributed by atoms with Crippen LogP contribution in [0.3, 0.4) is 0 Å². The van der Waals surface area contributed by atoms with Gasteiger partial charge in [0.15, 0.2) is 11.6 Å². The predicted molar refractivity (Wildman–Crippen MR) is 117 cm³/mol. The second-order valence-electron chi connectivity index (χ2n) is 7.25. The number of anilines is 1. The molecule has 11 nitrogen and oxygen atoms in total. The summed E-state index contributed by atoms with van der Waals surface area (Å²) in [5.41, 5.74) is 1.13. The standard InChI is InChI=1S/C21H20F2N8O3/c1-32-14-5-3-4-13-15(14)26-18(16(22)23)31(13)20-28-17(12-10-24-21(33-2)25-11-12)27-19(29-20)30-6-8-34-9-7-30/h3-5,10-11,16H,6-9H2,1-2H3. The molecule has 3 aromatic heterocycles. The second-order valence-corrected chi connectivity index (χ2v) is 7.25. The molecule has 1 fully saturated rings. The lowest BCUT2D eigenvalue weighted by atomic mass is 10.3. The molecule has 1 aromatic carbocycles. The normalized spacial score (nSPS) is 14.1. The zero-order valence-corrected chi connectivity index (χ0v) is 18.4. The van der Waals surface area contributed by atoms with Crippen molar-refractivity contribution in [2.45, 2.75) is 6.43 Å². The van der Waals surface area contributed by atoms with Crippen molar-refractivity contribution in [2.24, 2.45) is 0 Å².